The first-order valence-electron chi connectivity index (χ1n) is 8.34. The number of rotatable bonds is 0. The molecule has 0 radical (unpaired) electrons. The van der Waals surface area contributed by atoms with Gasteiger partial charge in [0, 0.05) is 13.0 Å². The van der Waals surface area contributed by atoms with Crippen molar-refractivity contribution >= 4 is 15.7 Å². The van der Waals surface area contributed by atoms with E-state index in [1.165, 1.54) is 25.7 Å². The van der Waals surface area contributed by atoms with Gasteiger partial charge in [-0.25, -0.2) is 8.42 Å². The summed E-state index contributed by atoms with van der Waals surface area (Å²) in [5.74, 6) is 0.0588. The van der Waals surface area contributed by atoms with Gasteiger partial charge in [0.1, 0.15) is 0 Å². The van der Waals surface area contributed by atoms with Crippen molar-refractivity contribution in [1.82, 2.24) is 5.32 Å². The summed E-state index contributed by atoms with van der Waals surface area (Å²) in [4.78, 5) is 11.9. The molecule has 1 N–H and O–H groups in total. The predicted octanol–water partition coefficient (Wildman–Crippen LogP) is 3.21. The summed E-state index contributed by atoms with van der Waals surface area (Å²) in [5.41, 5.74) is 0. The molecule has 0 aromatic carbocycles. The maximum Gasteiger partial charge on any atom is 0.221 e. The molecule has 0 bridgehead atoms. The number of hydrogen-bond donors (Lipinski definition) is 1. The first kappa shape index (κ1) is 18.5. The van der Waals surface area contributed by atoms with Crippen molar-refractivity contribution in [3.05, 3.63) is 0 Å². The normalized spacial score (nSPS) is 25.9. The Bertz CT molecular complexity index is 415. The predicted molar refractivity (Wildman–Crippen MR) is 87.0 cm³/mol. The van der Waals surface area contributed by atoms with Gasteiger partial charge in [-0.05, 0) is 26.7 Å². The Hall–Kier alpha value is -0.580. The van der Waals surface area contributed by atoms with Gasteiger partial charge < -0.3 is 5.32 Å². The largest absolute Gasteiger partial charge is 0.356 e. The fraction of sp³-hybridized carbons (Fsp3) is 0.938. The smallest absolute Gasteiger partial charge is 0.221 e. The number of carbonyl (C=O) groups is 1. The van der Waals surface area contributed by atoms with Gasteiger partial charge in [0.05, 0.1) is 10.5 Å². The van der Waals surface area contributed by atoms with Crippen molar-refractivity contribution in [1.29, 1.82) is 0 Å². The molecule has 0 aliphatic carbocycles. The lowest BCUT2D eigenvalue weighted by molar-refractivity contribution is -0.121. The summed E-state index contributed by atoms with van der Waals surface area (Å²) >= 11 is 0. The van der Waals surface area contributed by atoms with Gasteiger partial charge in [-0.15, -0.1) is 0 Å². The zero-order valence-corrected chi connectivity index (χ0v) is 14.4. The second-order valence-corrected chi connectivity index (χ2v) is 9.53. The van der Waals surface area contributed by atoms with Crippen LogP contribution in [0.3, 0.4) is 0 Å². The van der Waals surface area contributed by atoms with Crippen LogP contribution in [-0.4, -0.2) is 31.4 Å². The number of nitrogens with one attached hydrogen (secondary N) is 1. The summed E-state index contributed by atoms with van der Waals surface area (Å²) in [5, 5.41) is 2.85. The molecule has 0 unspecified atom stereocenters. The molecule has 0 spiro atoms. The molecule has 0 saturated carbocycles. The van der Waals surface area contributed by atoms with Crippen LogP contribution in [0.4, 0.5) is 0 Å². The number of carbonyl (C=O) groups excluding carboxylic acids is 1. The Morgan fingerprint density at radius 3 is 1.90 bits per heavy atom. The minimum atomic E-state index is -3.22. The third-order valence-corrected chi connectivity index (χ3v) is 6.99. The van der Waals surface area contributed by atoms with Crippen molar-refractivity contribution in [3.63, 3.8) is 0 Å². The molecule has 1 amide bonds. The molecule has 1 fully saturated rings. The number of hydrogen-bond acceptors (Lipinski definition) is 3. The van der Waals surface area contributed by atoms with E-state index >= 15 is 0 Å². The fourth-order valence-electron chi connectivity index (χ4n) is 2.72. The first-order chi connectivity index (χ1) is 9.85. The van der Waals surface area contributed by atoms with Crippen LogP contribution in [0, 0.1) is 0 Å². The van der Waals surface area contributed by atoms with Gasteiger partial charge in [0.15, 0.2) is 9.84 Å². The second kappa shape index (κ2) is 8.76. The Balaban J connectivity index is 2.61. The Morgan fingerprint density at radius 2 is 1.33 bits per heavy atom. The lowest BCUT2D eigenvalue weighted by atomic mass is 10.1. The third kappa shape index (κ3) is 6.81. The third-order valence-electron chi connectivity index (χ3n) is 4.34. The molecule has 1 rings (SSSR count). The van der Waals surface area contributed by atoms with Crippen molar-refractivity contribution in [2.45, 2.75) is 82.8 Å². The van der Waals surface area contributed by atoms with Crippen LogP contribution in [0.15, 0.2) is 0 Å². The maximum atomic E-state index is 12.4. The lowest BCUT2D eigenvalue weighted by Crippen LogP contribution is -2.40. The van der Waals surface area contributed by atoms with Crippen LogP contribution in [0.2, 0.25) is 0 Å². The van der Waals surface area contributed by atoms with Gasteiger partial charge in [-0.2, -0.15) is 0 Å². The van der Waals surface area contributed by atoms with Crippen LogP contribution in [-0.2, 0) is 14.6 Å². The molecule has 21 heavy (non-hydrogen) atoms. The molecule has 1 aliphatic heterocycles. The van der Waals surface area contributed by atoms with Crippen LogP contribution < -0.4 is 5.32 Å². The van der Waals surface area contributed by atoms with Crippen molar-refractivity contribution < 1.29 is 13.2 Å². The highest BCUT2D eigenvalue weighted by atomic mass is 32.2. The zero-order chi connectivity index (χ0) is 15.8. The summed E-state index contributed by atoms with van der Waals surface area (Å²) < 4.78 is 23.8. The van der Waals surface area contributed by atoms with Gasteiger partial charge in [-0.1, -0.05) is 44.9 Å². The molecular formula is C16H31NO3S. The average Bonchev–Trinajstić information content (AvgIpc) is 2.38. The summed E-state index contributed by atoms with van der Waals surface area (Å²) in [6.07, 6.45) is 9.93. The van der Waals surface area contributed by atoms with E-state index in [1.54, 1.807) is 13.8 Å². The Labute approximate surface area is 130 Å². The highest BCUT2D eigenvalue weighted by Crippen LogP contribution is 2.23. The van der Waals surface area contributed by atoms with Crippen molar-refractivity contribution in [2.75, 3.05) is 12.3 Å². The quantitative estimate of drug-likeness (QED) is 0.746. The Morgan fingerprint density at radius 1 is 0.857 bits per heavy atom. The van der Waals surface area contributed by atoms with Gasteiger partial charge in [0.25, 0.3) is 0 Å². The molecule has 0 aromatic rings. The molecular weight excluding hydrogens is 286 g/mol. The summed E-state index contributed by atoms with van der Waals surface area (Å²) in [6, 6.07) is 0. The zero-order valence-electron chi connectivity index (χ0n) is 13.6. The van der Waals surface area contributed by atoms with Crippen LogP contribution >= 0.6 is 0 Å². The molecule has 1 aliphatic rings. The highest BCUT2D eigenvalue weighted by Gasteiger charge is 2.35. The molecule has 124 valence electrons. The molecule has 4 nitrogen and oxygen atoms in total. The Kier molecular flexibility index (Phi) is 7.71. The second-order valence-electron chi connectivity index (χ2n) is 6.79. The molecule has 0 atom stereocenters. The van der Waals surface area contributed by atoms with E-state index in [2.05, 4.69) is 5.32 Å². The molecule has 1 saturated heterocycles. The van der Waals surface area contributed by atoms with E-state index in [-0.39, 0.29) is 18.1 Å². The number of sulfone groups is 1. The van der Waals surface area contributed by atoms with E-state index in [1.807, 2.05) is 0 Å². The minimum absolute atomic E-state index is 0.0648. The van der Waals surface area contributed by atoms with Crippen LogP contribution in [0.5, 0.6) is 0 Å². The topological polar surface area (TPSA) is 63.2 Å². The molecule has 1 heterocycles. The molecule has 5 heteroatoms. The van der Waals surface area contributed by atoms with Gasteiger partial charge in [-0.3, -0.25) is 4.79 Å². The summed E-state index contributed by atoms with van der Waals surface area (Å²) in [6.45, 7) is 4.00. The lowest BCUT2D eigenvalue weighted by Gasteiger charge is -2.24. The van der Waals surface area contributed by atoms with Crippen LogP contribution in [0.1, 0.15) is 78.1 Å². The van der Waals surface area contributed by atoms with E-state index in [4.69, 9.17) is 0 Å². The van der Waals surface area contributed by atoms with Crippen molar-refractivity contribution in [2.24, 2.45) is 0 Å². The van der Waals surface area contributed by atoms with E-state index in [9.17, 15) is 13.2 Å². The van der Waals surface area contributed by atoms with E-state index in [0.717, 1.165) is 25.7 Å². The average molecular weight is 317 g/mol. The van der Waals surface area contributed by atoms with E-state index < -0.39 is 14.6 Å². The first-order valence-corrected chi connectivity index (χ1v) is 9.99. The molecule has 0 aromatic heterocycles. The minimum Gasteiger partial charge on any atom is -0.356 e. The fourth-order valence-corrected chi connectivity index (χ4v) is 4.21. The van der Waals surface area contributed by atoms with Gasteiger partial charge >= 0.3 is 0 Å². The number of amides is 1. The monoisotopic (exact) mass is 317 g/mol. The SMILES string of the molecule is CC1(C)CC(=O)NCCCCCCCCCCCS1(=O)=O. The van der Waals surface area contributed by atoms with Crippen molar-refractivity contribution in [3.8, 4) is 0 Å². The highest BCUT2D eigenvalue weighted by molar-refractivity contribution is 7.92. The maximum absolute atomic E-state index is 12.4. The van der Waals surface area contributed by atoms with Gasteiger partial charge in [0.2, 0.25) is 5.91 Å². The van der Waals surface area contributed by atoms with E-state index in [0.29, 0.717) is 13.0 Å². The summed E-state index contributed by atoms with van der Waals surface area (Å²) in [7, 11) is -3.22. The standard InChI is InChI=1S/C16H31NO3S/c1-16(2)14-15(18)17-12-10-8-6-4-3-5-7-9-11-13-21(16,19)20/h3-14H2,1-2H3,(H,17,18). The van der Waals surface area contributed by atoms with Crippen LogP contribution in [0.25, 0.3) is 0 Å².